The minimum Gasteiger partial charge on any atom is -0.469 e. The molecule has 1 aromatic heterocycles. The van der Waals surface area contributed by atoms with Gasteiger partial charge in [0, 0.05) is 14.5 Å². The predicted molar refractivity (Wildman–Crippen MR) is 84.9 cm³/mol. The normalized spacial score (nSPS) is 10.2. The first-order valence-electron chi connectivity index (χ1n) is 5.77. The molecule has 2 rings (SSSR count). The Bertz CT molecular complexity index is 690. The van der Waals surface area contributed by atoms with Gasteiger partial charge in [-0.15, -0.1) is 11.3 Å². The molecule has 1 aromatic carbocycles. The van der Waals surface area contributed by atoms with E-state index in [2.05, 4.69) is 15.0 Å². The molecule has 0 spiro atoms. The monoisotopic (exact) mass is 420 g/mol. The van der Waals surface area contributed by atoms with Crippen LogP contribution in [-0.2, 0) is 16.0 Å². The SMILES string of the molecule is COC(=O)Cc1csc(NC(=O)c2ccc(I)c(F)c2)n1. The third-order valence-electron chi connectivity index (χ3n) is 2.51. The molecule has 1 N–H and O–H groups in total. The molecule has 0 aliphatic heterocycles. The highest BCUT2D eigenvalue weighted by Crippen LogP contribution is 2.18. The highest BCUT2D eigenvalue weighted by atomic mass is 127. The van der Waals surface area contributed by atoms with Gasteiger partial charge in [-0.2, -0.15) is 0 Å². The third-order valence-corrected chi connectivity index (χ3v) is 4.19. The van der Waals surface area contributed by atoms with Gasteiger partial charge in [-0.25, -0.2) is 9.37 Å². The zero-order chi connectivity index (χ0) is 15.4. The van der Waals surface area contributed by atoms with E-state index in [1.165, 1.54) is 36.6 Å². The maximum atomic E-state index is 13.4. The van der Waals surface area contributed by atoms with Gasteiger partial charge >= 0.3 is 5.97 Å². The summed E-state index contributed by atoms with van der Waals surface area (Å²) in [6.07, 6.45) is 0.0427. The van der Waals surface area contributed by atoms with Crippen molar-refractivity contribution in [3.8, 4) is 0 Å². The highest BCUT2D eigenvalue weighted by molar-refractivity contribution is 14.1. The van der Waals surface area contributed by atoms with E-state index in [0.717, 1.165) is 0 Å². The number of benzene rings is 1. The zero-order valence-corrected chi connectivity index (χ0v) is 13.8. The lowest BCUT2D eigenvalue weighted by molar-refractivity contribution is -0.139. The molecular formula is C13H10FIN2O3S. The van der Waals surface area contributed by atoms with E-state index in [-0.39, 0.29) is 12.0 Å². The minimum absolute atomic E-state index is 0.0427. The smallest absolute Gasteiger partial charge is 0.311 e. The number of carbonyl (C=O) groups excluding carboxylic acids is 2. The summed E-state index contributed by atoms with van der Waals surface area (Å²) in [5, 5.41) is 4.56. The lowest BCUT2D eigenvalue weighted by atomic mass is 10.2. The molecule has 0 unspecified atom stereocenters. The second kappa shape index (κ2) is 6.94. The Labute approximate surface area is 137 Å². The summed E-state index contributed by atoms with van der Waals surface area (Å²) in [6, 6.07) is 4.22. The van der Waals surface area contributed by atoms with Crippen LogP contribution in [0.3, 0.4) is 0 Å². The fraction of sp³-hybridized carbons (Fsp3) is 0.154. The molecule has 0 fully saturated rings. The number of carbonyl (C=O) groups is 2. The van der Waals surface area contributed by atoms with Crippen LogP contribution in [0.2, 0.25) is 0 Å². The van der Waals surface area contributed by atoms with Crippen molar-refractivity contribution in [3.63, 3.8) is 0 Å². The number of esters is 1. The Morgan fingerprint density at radius 3 is 2.90 bits per heavy atom. The second-order valence-electron chi connectivity index (χ2n) is 3.98. The number of nitrogens with one attached hydrogen (secondary N) is 1. The van der Waals surface area contributed by atoms with E-state index in [4.69, 9.17) is 0 Å². The third kappa shape index (κ3) is 4.21. The topological polar surface area (TPSA) is 68.3 Å². The van der Waals surface area contributed by atoms with E-state index in [9.17, 15) is 14.0 Å². The van der Waals surface area contributed by atoms with Crippen LogP contribution in [0.1, 0.15) is 16.1 Å². The summed E-state index contributed by atoms with van der Waals surface area (Å²) in [5.74, 6) is -1.31. The number of hydrogen-bond acceptors (Lipinski definition) is 5. The fourth-order valence-corrected chi connectivity index (χ4v) is 2.51. The molecule has 0 aliphatic carbocycles. The van der Waals surface area contributed by atoms with Crippen LogP contribution in [0.4, 0.5) is 9.52 Å². The molecule has 1 amide bonds. The Balaban J connectivity index is 2.05. The highest BCUT2D eigenvalue weighted by Gasteiger charge is 2.12. The van der Waals surface area contributed by atoms with Crippen LogP contribution in [0.5, 0.6) is 0 Å². The van der Waals surface area contributed by atoms with Gasteiger partial charge in [0.15, 0.2) is 5.13 Å². The molecule has 0 atom stereocenters. The quantitative estimate of drug-likeness (QED) is 0.611. The summed E-state index contributed by atoms with van der Waals surface area (Å²) in [7, 11) is 1.29. The van der Waals surface area contributed by atoms with Gasteiger partial charge in [-0.05, 0) is 40.8 Å². The van der Waals surface area contributed by atoms with E-state index < -0.39 is 17.7 Å². The molecule has 1 heterocycles. The van der Waals surface area contributed by atoms with Gasteiger partial charge in [-0.1, -0.05) is 0 Å². The van der Waals surface area contributed by atoms with Gasteiger partial charge in [0.25, 0.3) is 5.91 Å². The Kier molecular flexibility index (Phi) is 5.23. The first-order valence-corrected chi connectivity index (χ1v) is 7.73. The van der Waals surface area contributed by atoms with E-state index in [0.29, 0.717) is 14.4 Å². The van der Waals surface area contributed by atoms with Crippen LogP contribution in [-0.4, -0.2) is 24.0 Å². The molecule has 0 bridgehead atoms. The lowest BCUT2D eigenvalue weighted by Crippen LogP contribution is -2.12. The summed E-state index contributed by atoms with van der Waals surface area (Å²) in [5.41, 5.74) is 0.716. The van der Waals surface area contributed by atoms with Crippen molar-refractivity contribution in [1.82, 2.24) is 4.98 Å². The number of ether oxygens (including phenoxy) is 1. The van der Waals surface area contributed by atoms with Crippen molar-refractivity contribution >= 4 is 50.9 Å². The predicted octanol–water partition coefficient (Wildman–Crippen LogP) is 2.85. The van der Waals surface area contributed by atoms with Crippen molar-refractivity contribution in [2.75, 3.05) is 12.4 Å². The van der Waals surface area contributed by atoms with Crippen molar-refractivity contribution in [2.24, 2.45) is 0 Å². The first kappa shape index (κ1) is 15.8. The van der Waals surface area contributed by atoms with Crippen LogP contribution < -0.4 is 5.32 Å². The van der Waals surface area contributed by atoms with E-state index in [1.807, 2.05) is 22.6 Å². The summed E-state index contributed by atoms with van der Waals surface area (Å²) in [4.78, 5) is 27.2. The second-order valence-corrected chi connectivity index (χ2v) is 6.00. The average molecular weight is 420 g/mol. The van der Waals surface area contributed by atoms with Crippen LogP contribution >= 0.6 is 33.9 Å². The molecular weight excluding hydrogens is 410 g/mol. The maximum absolute atomic E-state index is 13.4. The number of methoxy groups -OCH3 is 1. The number of halogens is 2. The number of amides is 1. The van der Waals surface area contributed by atoms with Gasteiger partial charge in [-0.3, -0.25) is 14.9 Å². The Morgan fingerprint density at radius 1 is 1.48 bits per heavy atom. The zero-order valence-electron chi connectivity index (χ0n) is 10.9. The molecule has 0 saturated carbocycles. The number of hydrogen-bond donors (Lipinski definition) is 1. The molecule has 8 heteroatoms. The van der Waals surface area contributed by atoms with Crippen LogP contribution in [0.15, 0.2) is 23.6 Å². The average Bonchev–Trinajstić information content (AvgIpc) is 2.88. The molecule has 2 aromatic rings. The van der Waals surface area contributed by atoms with Gasteiger partial charge in [0.05, 0.1) is 19.2 Å². The van der Waals surface area contributed by atoms with Crippen LogP contribution in [0.25, 0.3) is 0 Å². The first-order chi connectivity index (χ1) is 9.99. The summed E-state index contributed by atoms with van der Waals surface area (Å²) >= 11 is 3.03. The maximum Gasteiger partial charge on any atom is 0.311 e. The summed E-state index contributed by atoms with van der Waals surface area (Å²) < 4.78 is 18.4. The number of anilines is 1. The van der Waals surface area contributed by atoms with Crippen molar-refractivity contribution < 1.29 is 18.7 Å². The van der Waals surface area contributed by atoms with Crippen molar-refractivity contribution in [3.05, 3.63) is 44.2 Å². The molecule has 110 valence electrons. The Hall–Kier alpha value is -1.55. The molecule has 21 heavy (non-hydrogen) atoms. The lowest BCUT2D eigenvalue weighted by Gasteiger charge is -2.02. The van der Waals surface area contributed by atoms with Crippen molar-refractivity contribution in [1.29, 1.82) is 0 Å². The molecule has 0 radical (unpaired) electrons. The van der Waals surface area contributed by atoms with Gasteiger partial charge < -0.3 is 4.74 Å². The van der Waals surface area contributed by atoms with Crippen molar-refractivity contribution in [2.45, 2.75) is 6.42 Å². The number of aromatic nitrogens is 1. The molecule has 0 saturated heterocycles. The van der Waals surface area contributed by atoms with Crippen LogP contribution in [0, 0.1) is 9.39 Å². The Morgan fingerprint density at radius 2 is 2.24 bits per heavy atom. The number of nitrogens with zero attached hydrogens (tertiary/aromatic N) is 1. The molecule has 5 nitrogen and oxygen atoms in total. The van der Waals surface area contributed by atoms with E-state index >= 15 is 0 Å². The number of thiazole rings is 1. The minimum atomic E-state index is -0.454. The van der Waals surface area contributed by atoms with Gasteiger partial charge in [0.1, 0.15) is 5.82 Å². The fourth-order valence-electron chi connectivity index (χ4n) is 1.47. The summed E-state index contributed by atoms with van der Waals surface area (Å²) in [6.45, 7) is 0. The molecule has 0 aliphatic rings. The number of rotatable bonds is 4. The van der Waals surface area contributed by atoms with E-state index in [1.54, 1.807) is 5.38 Å². The largest absolute Gasteiger partial charge is 0.469 e. The van der Waals surface area contributed by atoms with Gasteiger partial charge in [0.2, 0.25) is 0 Å². The standard InChI is InChI=1S/C13H10FIN2O3S/c1-20-11(18)5-8-6-21-13(16-8)17-12(19)7-2-3-10(15)9(14)4-7/h2-4,6H,5H2,1H3,(H,16,17,19).